The third kappa shape index (κ3) is 1.16. The lowest BCUT2D eigenvalue weighted by Gasteiger charge is -2.01. The summed E-state index contributed by atoms with van der Waals surface area (Å²) in [6.45, 7) is 2.37. The quantitative estimate of drug-likeness (QED) is 0.390. The van der Waals surface area contributed by atoms with E-state index in [9.17, 15) is 9.59 Å². The monoisotopic (exact) mass is 253 g/mol. The Morgan fingerprint density at radius 1 is 1.80 bits per heavy atom. The lowest BCUT2D eigenvalue weighted by Crippen LogP contribution is -2.15. The van der Waals surface area contributed by atoms with Crippen molar-refractivity contribution in [3.63, 3.8) is 0 Å². The second-order valence-corrected chi connectivity index (χ2v) is 3.64. The van der Waals surface area contributed by atoms with Gasteiger partial charge in [-0.3, -0.25) is 7.91 Å². The average molecular weight is 253 g/mol. The van der Waals surface area contributed by atoms with Crippen molar-refractivity contribution in [3.8, 4) is 0 Å². The van der Waals surface area contributed by atoms with E-state index in [2.05, 4.69) is 0 Å². The Balaban J connectivity index is 2.70. The molecule has 1 amide bonds. The first kappa shape index (κ1) is 7.97. The molecule has 1 saturated heterocycles. The number of aldehydes is 1. The molecule has 0 spiro atoms. The van der Waals surface area contributed by atoms with Crippen LogP contribution in [0.15, 0.2) is 0 Å². The van der Waals surface area contributed by atoms with E-state index in [0.29, 0.717) is 6.54 Å². The van der Waals surface area contributed by atoms with Crippen LogP contribution >= 0.6 is 22.9 Å². The van der Waals surface area contributed by atoms with Gasteiger partial charge in [-0.15, -0.1) is 0 Å². The Labute approximate surface area is 73.3 Å². The molecule has 0 N–H and O–H groups in total. The molecule has 0 radical (unpaired) electrons. The largest absolute Gasteiger partial charge is 0.303 e. The van der Waals surface area contributed by atoms with Crippen LogP contribution in [0, 0.1) is 11.8 Å². The van der Waals surface area contributed by atoms with Gasteiger partial charge >= 0.3 is 0 Å². The molecule has 1 rings (SSSR count). The highest BCUT2D eigenvalue weighted by Crippen LogP contribution is 2.24. The maximum atomic E-state index is 11.0. The average Bonchev–Trinajstić information content (AvgIpc) is 2.17. The Hall–Kier alpha value is -0.130. The van der Waals surface area contributed by atoms with Crippen LogP contribution in [0.5, 0.6) is 0 Å². The van der Waals surface area contributed by atoms with Gasteiger partial charge in [0.15, 0.2) is 0 Å². The molecule has 1 aliphatic heterocycles. The Kier molecular flexibility index (Phi) is 2.28. The molecule has 0 aromatic rings. The number of halogens is 1. The summed E-state index contributed by atoms with van der Waals surface area (Å²) in [7, 11) is 0. The summed E-state index contributed by atoms with van der Waals surface area (Å²) < 4.78 is 1.57. The van der Waals surface area contributed by atoms with Gasteiger partial charge in [0.1, 0.15) is 6.29 Å². The molecule has 0 aromatic carbocycles. The molecule has 56 valence electrons. The maximum Gasteiger partial charge on any atom is 0.234 e. The Morgan fingerprint density at radius 2 is 2.40 bits per heavy atom. The SMILES string of the molecule is C[C@H]1C(=O)N(I)C[C@@H]1C=O. The van der Waals surface area contributed by atoms with Crippen molar-refractivity contribution in [2.75, 3.05) is 6.54 Å². The van der Waals surface area contributed by atoms with E-state index in [1.54, 1.807) is 10.0 Å². The molecule has 1 aliphatic rings. The van der Waals surface area contributed by atoms with Crippen LogP contribution in [0.4, 0.5) is 0 Å². The first-order valence-electron chi connectivity index (χ1n) is 3.09. The van der Waals surface area contributed by atoms with Crippen LogP contribution in [0.25, 0.3) is 0 Å². The second-order valence-electron chi connectivity index (χ2n) is 2.47. The zero-order chi connectivity index (χ0) is 7.72. The third-order valence-electron chi connectivity index (χ3n) is 1.82. The fourth-order valence-corrected chi connectivity index (χ4v) is 1.89. The van der Waals surface area contributed by atoms with Crippen molar-refractivity contribution in [2.24, 2.45) is 11.8 Å². The predicted octanol–water partition coefficient (Wildman–Crippen LogP) is 0.630. The molecule has 0 saturated carbocycles. The standard InChI is InChI=1S/C6H8INO2/c1-4-5(3-9)2-8(7)6(4)10/h3-5H,2H2,1H3/t4-,5-/m1/s1. The number of carbonyl (C=O) groups excluding carboxylic acids is 2. The van der Waals surface area contributed by atoms with Crippen LogP contribution in [0.3, 0.4) is 0 Å². The van der Waals surface area contributed by atoms with Crippen LogP contribution in [-0.2, 0) is 9.59 Å². The van der Waals surface area contributed by atoms with Gasteiger partial charge in [-0.2, -0.15) is 0 Å². The Bertz CT molecular complexity index is 171. The minimum absolute atomic E-state index is 0.0673. The van der Waals surface area contributed by atoms with E-state index in [4.69, 9.17) is 0 Å². The predicted molar refractivity (Wildman–Crippen MR) is 44.5 cm³/mol. The molecule has 0 aromatic heterocycles. The van der Waals surface area contributed by atoms with E-state index < -0.39 is 0 Å². The molecule has 0 unspecified atom stereocenters. The number of carbonyl (C=O) groups is 2. The molecule has 10 heavy (non-hydrogen) atoms. The summed E-state index contributed by atoms with van der Waals surface area (Å²) >= 11 is 1.94. The number of hydrogen-bond donors (Lipinski definition) is 0. The van der Waals surface area contributed by atoms with Crippen LogP contribution in [-0.4, -0.2) is 21.9 Å². The van der Waals surface area contributed by atoms with Crippen molar-refractivity contribution in [1.29, 1.82) is 0 Å². The van der Waals surface area contributed by atoms with Gasteiger partial charge in [0, 0.05) is 18.4 Å². The van der Waals surface area contributed by atoms with E-state index in [1.807, 2.05) is 22.9 Å². The normalized spacial score (nSPS) is 33.0. The topological polar surface area (TPSA) is 37.4 Å². The number of nitrogens with zero attached hydrogens (tertiary/aromatic N) is 1. The first-order valence-corrected chi connectivity index (χ1v) is 4.05. The van der Waals surface area contributed by atoms with Gasteiger partial charge in [-0.25, -0.2) is 0 Å². The Morgan fingerprint density at radius 3 is 2.60 bits per heavy atom. The highest BCUT2D eigenvalue weighted by molar-refractivity contribution is 14.1. The van der Waals surface area contributed by atoms with Gasteiger partial charge in [0.05, 0.1) is 22.9 Å². The summed E-state index contributed by atoms with van der Waals surface area (Å²) in [5.74, 6) is -0.142. The summed E-state index contributed by atoms with van der Waals surface area (Å²) in [6.07, 6.45) is 0.862. The fourth-order valence-electron chi connectivity index (χ4n) is 0.998. The lowest BCUT2D eigenvalue weighted by molar-refractivity contribution is -0.126. The van der Waals surface area contributed by atoms with Crippen LogP contribution in [0.2, 0.25) is 0 Å². The number of hydrogen-bond acceptors (Lipinski definition) is 2. The molecule has 2 atom stereocenters. The van der Waals surface area contributed by atoms with Crippen molar-refractivity contribution in [3.05, 3.63) is 0 Å². The van der Waals surface area contributed by atoms with Crippen molar-refractivity contribution < 1.29 is 9.59 Å². The minimum Gasteiger partial charge on any atom is -0.303 e. The van der Waals surface area contributed by atoms with Gasteiger partial charge in [0.2, 0.25) is 5.91 Å². The number of rotatable bonds is 1. The van der Waals surface area contributed by atoms with E-state index in [-0.39, 0.29) is 17.7 Å². The smallest absolute Gasteiger partial charge is 0.234 e. The van der Waals surface area contributed by atoms with E-state index in [1.165, 1.54) is 0 Å². The van der Waals surface area contributed by atoms with Crippen LogP contribution in [0.1, 0.15) is 6.92 Å². The molecule has 0 aliphatic carbocycles. The molecular weight excluding hydrogens is 245 g/mol. The highest BCUT2D eigenvalue weighted by atomic mass is 127. The molecule has 1 fully saturated rings. The zero-order valence-corrected chi connectivity index (χ0v) is 7.74. The van der Waals surface area contributed by atoms with Gasteiger partial charge in [0.25, 0.3) is 0 Å². The molecule has 1 heterocycles. The van der Waals surface area contributed by atoms with Crippen molar-refractivity contribution >= 4 is 35.1 Å². The van der Waals surface area contributed by atoms with Gasteiger partial charge < -0.3 is 4.79 Å². The fraction of sp³-hybridized carbons (Fsp3) is 0.667. The highest BCUT2D eigenvalue weighted by Gasteiger charge is 2.35. The molecule has 0 bridgehead atoms. The van der Waals surface area contributed by atoms with E-state index in [0.717, 1.165) is 6.29 Å². The second kappa shape index (κ2) is 2.86. The lowest BCUT2D eigenvalue weighted by atomic mass is 10.00. The summed E-state index contributed by atoms with van der Waals surface area (Å²) in [4.78, 5) is 21.4. The van der Waals surface area contributed by atoms with Gasteiger partial charge in [-0.1, -0.05) is 6.92 Å². The third-order valence-corrected chi connectivity index (χ3v) is 2.69. The number of amides is 1. The minimum atomic E-state index is -0.116. The van der Waals surface area contributed by atoms with Crippen molar-refractivity contribution in [2.45, 2.75) is 6.92 Å². The summed E-state index contributed by atoms with van der Waals surface area (Å²) in [5, 5.41) is 0. The maximum absolute atomic E-state index is 11.0. The molecule has 4 heteroatoms. The molecular formula is C6H8INO2. The first-order chi connectivity index (χ1) is 4.66. The van der Waals surface area contributed by atoms with Crippen LogP contribution < -0.4 is 0 Å². The summed E-state index contributed by atoms with van der Waals surface area (Å²) in [6, 6.07) is 0. The van der Waals surface area contributed by atoms with Crippen molar-refractivity contribution in [1.82, 2.24) is 3.11 Å². The zero-order valence-electron chi connectivity index (χ0n) is 5.58. The van der Waals surface area contributed by atoms with E-state index >= 15 is 0 Å². The summed E-state index contributed by atoms with van der Waals surface area (Å²) in [5.41, 5.74) is 0. The van der Waals surface area contributed by atoms with Gasteiger partial charge in [-0.05, 0) is 0 Å². The molecule has 3 nitrogen and oxygen atoms in total.